The lowest BCUT2D eigenvalue weighted by Crippen LogP contribution is -2.35. The van der Waals surface area contributed by atoms with E-state index in [1.807, 2.05) is 32.0 Å². The first kappa shape index (κ1) is 24.1. The Morgan fingerprint density at radius 1 is 1.12 bits per heavy atom. The Labute approximate surface area is 194 Å². The summed E-state index contributed by atoms with van der Waals surface area (Å²) >= 11 is 0. The molecular formula is C26H30N2O5. The molecule has 0 unspecified atom stereocenters. The molecule has 7 nitrogen and oxygen atoms in total. The fourth-order valence-corrected chi connectivity index (χ4v) is 3.73. The van der Waals surface area contributed by atoms with E-state index in [-0.39, 0.29) is 11.3 Å². The van der Waals surface area contributed by atoms with Crippen LogP contribution in [0.25, 0.3) is 5.76 Å². The molecule has 1 heterocycles. The number of likely N-dealkylation sites (N-methyl/N-ethyl adjacent to an activating group) is 1. The van der Waals surface area contributed by atoms with Crippen LogP contribution < -0.4 is 9.47 Å². The van der Waals surface area contributed by atoms with Crippen LogP contribution in [0, 0.1) is 0 Å². The number of aliphatic hydroxyl groups excluding tert-OH is 1. The lowest BCUT2D eigenvalue weighted by molar-refractivity contribution is -0.140. The third-order valence-corrected chi connectivity index (χ3v) is 5.31. The Balaban J connectivity index is 2.09. The molecule has 0 saturated carbocycles. The van der Waals surface area contributed by atoms with E-state index in [0.717, 1.165) is 0 Å². The van der Waals surface area contributed by atoms with E-state index in [0.29, 0.717) is 48.9 Å². The van der Waals surface area contributed by atoms with Crippen LogP contribution in [0.3, 0.4) is 0 Å². The van der Waals surface area contributed by atoms with Gasteiger partial charge < -0.3 is 24.4 Å². The molecule has 174 valence electrons. The zero-order valence-electron chi connectivity index (χ0n) is 19.3. The normalized spacial score (nSPS) is 17.5. The molecule has 7 heteroatoms. The third kappa shape index (κ3) is 5.43. The molecule has 0 radical (unpaired) electrons. The molecule has 0 aromatic heterocycles. The lowest BCUT2D eigenvalue weighted by atomic mass is 9.95. The molecule has 1 saturated heterocycles. The van der Waals surface area contributed by atoms with Crippen LogP contribution >= 0.6 is 0 Å². The van der Waals surface area contributed by atoms with E-state index in [4.69, 9.17) is 9.47 Å². The number of ketones is 1. The molecule has 2 aromatic carbocycles. The van der Waals surface area contributed by atoms with Gasteiger partial charge in [0.1, 0.15) is 23.9 Å². The number of hydrogen-bond acceptors (Lipinski definition) is 6. The number of carbonyl (C=O) groups excluding carboxylic acids is 2. The second-order valence-electron chi connectivity index (χ2n) is 7.93. The average molecular weight is 451 g/mol. The number of rotatable bonds is 10. The first-order chi connectivity index (χ1) is 15.9. The summed E-state index contributed by atoms with van der Waals surface area (Å²) in [6.07, 6.45) is 1.64. The van der Waals surface area contributed by atoms with Gasteiger partial charge in [-0.2, -0.15) is 0 Å². The Bertz CT molecular complexity index is 1040. The monoisotopic (exact) mass is 450 g/mol. The second kappa shape index (κ2) is 10.8. The van der Waals surface area contributed by atoms with Crippen molar-refractivity contribution in [3.63, 3.8) is 0 Å². The molecule has 1 atom stereocenters. The van der Waals surface area contributed by atoms with Crippen LogP contribution in [-0.2, 0) is 9.59 Å². The van der Waals surface area contributed by atoms with Gasteiger partial charge in [0.25, 0.3) is 11.7 Å². The highest BCUT2D eigenvalue weighted by Gasteiger charge is 2.46. The summed E-state index contributed by atoms with van der Waals surface area (Å²) in [4.78, 5) is 29.5. The zero-order chi connectivity index (χ0) is 24.0. The summed E-state index contributed by atoms with van der Waals surface area (Å²) in [5, 5.41) is 11.2. The minimum Gasteiger partial charge on any atom is -0.507 e. The van der Waals surface area contributed by atoms with E-state index < -0.39 is 17.7 Å². The number of nitrogens with zero attached hydrogens (tertiary/aromatic N) is 2. The fraction of sp³-hybridized carbons (Fsp3) is 0.308. The topological polar surface area (TPSA) is 79.3 Å². The number of ether oxygens (including phenoxy) is 2. The van der Waals surface area contributed by atoms with Gasteiger partial charge in [0.2, 0.25) is 0 Å². The molecule has 0 bridgehead atoms. The van der Waals surface area contributed by atoms with Gasteiger partial charge in [-0.05, 0) is 63.0 Å². The van der Waals surface area contributed by atoms with Crippen molar-refractivity contribution in [3.05, 3.63) is 77.9 Å². The smallest absolute Gasteiger partial charge is 0.295 e. The SMILES string of the molecule is C=CCOc1cccc([C@H]2C(=C(O)c3ccc(OCC)cc3)C(=O)C(=O)N2CCN(C)C)c1. The zero-order valence-corrected chi connectivity index (χ0v) is 19.3. The number of hydrogen-bond donors (Lipinski definition) is 1. The second-order valence-corrected chi connectivity index (χ2v) is 7.93. The number of aliphatic hydroxyl groups is 1. The van der Waals surface area contributed by atoms with Crippen molar-refractivity contribution in [1.29, 1.82) is 0 Å². The van der Waals surface area contributed by atoms with Crippen molar-refractivity contribution in [1.82, 2.24) is 9.80 Å². The maximum atomic E-state index is 13.1. The summed E-state index contributed by atoms with van der Waals surface area (Å²) in [6.45, 7) is 7.30. The predicted octanol–water partition coefficient (Wildman–Crippen LogP) is 3.63. The number of amides is 1. The van der Waals surface area contributed by atoms with Gasteiger partial charge in [0, 0.05) is 18.7 Å². The van der Waals surface area contributed by atoms with Gasteiger partial charge >= 0.3 is 0 Å². The molecule has 1 aliphatic heterocycles. The Kier molecular flexibility index (Phi) is 7.90. The Morgan fingerprint density at radius 3 is 2.48 bits per heavy atom. The molecule has 1 amide bonds. The first-order valence-electron chi connectivity index (χ1n) is 10.9. The number of Topliss-reactive ketones (excluding diaryl/α,β-unsaturated/α-hetero) is 1. The van der Waals surface area contributed by atoms with Crippen molar-refractivity contribution in [2.75, 3.05) is 40.4 Å². The predicted molar refractivity (Wildman–Crippen MR) is 127 cm³/mol. The molecule has 0 aliphatic carbocycles. The summed E-state index contributed by atoms with van der Waals surface area (Å²) in [5.74, 6) is -0.309. The summed E-state index contributed by atoms with van der Waals surface area (Å²) in [7, 11) is 3.80. The molecule has 1 N–H and O–H groups in total. The molecule has 2 aromatic rings. The fourth-order valence-electron chi connectivity index (χ4n) is 3.73. The van der Waals surface area contributed by atoms with E-state index in [1.54, 1.807) is 48.5 Å². The molecule has 1 aliphatic rings. The molecular weight excluding hydrogens is 420 g/mol. The van der Waals surface area contributed by atoms with Crippen molar-refractivity contribution >= 4 is 17.4 Å². The number of likely N-dealkylation sites (tertiary alicyclic amines) is 1. The Morgan fingerprint density at radius 2 is 1.85 bits per heavy atom. The van der Waals surface area contributed by atoms with Crippen LogP contribution in [0.5, 0.6) is 11.5 Å². The summed E-state index contributed by atoms with van der Waals surface area (Å²) in [5.41, 5.74) is 1.18. The van der Waals surface area contributed by atoms with Crippen molar-refractivity contribution in [3.8, 4) is 11.5 Å². The number of benzene rings is 2. The van der Waals surface area contributed by atoms with E-state index in [2.05, 4.69) is 6.58 Å². The van der Waals surface area contributed by atoms with Gasteiger partial charge in [-0.3, -0.25) is 9.59 Å². The van der Waals surface area contributed by atoms with Gasteiger partial charge in [-0.15, -0.1) is 0 Å². The van der Waals surface area contributed by atoms with Crippen LogP contribution in [-0.4, -0.2) is 67.0 Å². The lowest BCUT2D eigenvalue weighted by Gasteiger charge is -2.27. The van der Waals surface area contributed by atoms with Gasteiger partial charge in [0.05, 0.1) is 18.2 Å². The van der Waals surface area contributed by atoms with Gasteiger partial charge in [0.15, 0.2) is 0 Å². The van der Waals surface area contributed by atoms with E-state index in [9.17, 15) is 14.7 Å². The highest BCUT2D eigenvalue weighted by molar-refractivity contribution is 6.46. The minimum atomic E-state index is -0.733. The molecule has 1 fully saturated rings. The average Bonchev–Trinajstić information content (AvgIpc) is 3.06. The van der Waals surface area contributed by atoms with Crippen LogP contribution in [0.4, 0.5) is 0 Å². The highest BCUT2D eigenvalue weighted by Crippen LogP contribution is 2.40. The molecule has 33 heavy (non-hydrogen) atoms. The largest absolute Gasteiger partial charge is 0.507 e. The van der Waals surface area contributed by atoms with Crippen LogP contribution in [0.2, 0.25) is 0 Å². The first-order valence-corrected chi connectivity index (χ1v) is 10.9. The molecule has 0 spiro atoms. The van der Waals surface area contributed by atoms with Crippen molar-refractivity contribution in [2.45, 2.75) is 13.0 Å². The maximum Gasteiger partial charge on any atom is 0.295 e. The minimum absolute atomic E-state index is 0.0591. The maximum absolute atomic E-state index is 13.1. The van der Waals surface area contributed by atoms with Gasteiger partial charge in [-0.1, -0.05) is 24.8 Å². The van der Waals surface area contributed by atoms with Gasteiger partial charge in [-0.25, -0.2) is 0 Å². The van der Waals surface area contributed by atoms with Crippen LogP contribution in [0.1, 0.15) is 24.1 Å². The standard InChI is InChI=1S/C26H30N2O5/c1-5-16-33-21-9-7-8-19(17-21)23-22(25(30)26(31)28(23)15-14-27(3)4)24(29)18-10-12-20(13-11-18)32-6-2/h5,7-13,17,23,29H,1,6,14-16H2,2-4H3/t23-/m0/s1. The molecule has 3 rings (SSSR count). The Hall–Kier alpha value is -3.58. The van der Waals surface area contributed by atoms with Crippen LogP contribution in [0.15, 0.2) is 66.8 Å². The summed E-state index contributed by atoms with van der Waals surface area (Å²) < 4.78 is 11.1. The quantitative estimate of drug-likeness (QED) is 0.258. The van der Waals surface area contributed by atoms with E-state index >= 15 is 0 Å². The highest BCUT2D eigenvalue weighted by atomic mass is 16.5. The van der Waals surface area contributed by atoms with E-state index in [1.165, 1.54) is 4.90 Å². The summed E-state index contributed by atoms with van der Waals surface area (Å²) in [6, 6.07) is 13.3. The van der Waals surface area contributed by atoms with Crippen molar-refractivity contribution < 1.29 is 24.2 Å². The van der Waals surface area contributed by atoms with Crippen molar-refractivity contribution in [2.24, 2.45) is 0 Å². The third-order valence-electron chi connectivity index (χ3n) is 5.31. The number of carbonyl (C=O) groups is 2.